The highest BCUT2D eigenvalue weighted by Gasteiger charge is 2.30. The third kappa shape index (κ3) is 5.77. The van der Waals surface area contributed by atoms with Gasteiger partial charge in [0.15, 0.2) is 11.5 Å². The summed E-state index contributed by atoms with van der Waals surface area (Å²) in [6.45, 7) is 0.763. The maximum absolute atomic E-state index is 12.8. The second-order valence-corrected chi connectivity index (χ2v) is 6.63. The highest BCUT2D eigenvalue weighted by molar-refractivity contribution is 5.43. The van der Waals surface area contributed by atoms with Crippen molar-refractivity contribution in [1.82, 2.24) is 5.32 Å². The van der Waals surface area contributed by atoms with Gasteiger partial charge >= 0.3 is 6.18 Å². The van der Waals surface area contributed by atoms with E-state index >= 15 is 0 Å². The van der Waals surface area contributed by atoms with E-state index in [4.69, 9.17) is 13.9 Å². The average molecular weight is 421 g/mol. The minimum atomic E-state index is -4.40. The zero-order valence-corrected chi connectivity index (χ0v) is 16.3. The molecule has 1 heterocycles. The number of hydrogen-bond donors (Lipinski definition) is 2. The minimum absolute atomic E-state index is 0.0206. The molecule has 30 heavy (non-hydrogen) atoms. The third-order valence-electron chi connectivity index (χ3n) is 4.42. The van der Waals surface area contributed by atoms with Gasteiger partial charge in [0.2, 0.25) is 0 Å². The van der Waals surface area contributed by atoms with Crippen LogP contribution in [0.15, 0.2) is 65.3 Å². The molecular weight excluding hydrogens is 399 g/mol. The van der Waals surface area contributed by atoms with E-state index in [-0.39, 0.29) is 6.61 Å². The first kappa shape index (κ1) is 21.7. The Labute approximate surface area is 172 Å². The molecule has 3 rings (SSSR count). The maximum Gasteiger partial charge on any atom is 0.416 e. The summed E-state index contributed by atoms with van der Waals surface area (Å²) >= 11 is 0. The molecule has 1 unspecified atom stereocenters. The molecule has 0 spiro atoms. The first-order valence-corrected chi connectivity index (χ1v) is 9.25. The molecule has 0 bridgehead atoms. The average Bonchev–Trinajstić information content (AvgIpc) is 3.27. The Morgan fingerprint density at radius 2 is 1.87 bits per heavy atom. The number of nitrogens with one attached hydrogen (secondary N) is 1. The van der Waals surface area contributed by atoms with Crippen LogP contribution in [0.25, 0.3) is 0 Å². The first-order valence-electron chi connectivity index (χ1n) is 9.25. The Balaban J connectivity index is 1.57. The van der Waals surface area contributed by atoms with Gasteiger partial charge in [0.25, 0.3) is 0 Å². The second kappa shape index (κ2) is 9.69. The molecule has 0 saturated carbocycles. The van der Waals surface area contributed by atoms with E-state index in [0.717, 1.165) is 17.7 Å². The van der Waals surface area contributed by atoms with Crippen LogP contribution in [0.4, 0.5) is 13.2 Å². The normalized spacial score (nSPS) is 12.6. The number of benzene rings is 2. The Kier molecular flexibility index (Phi) is 7.02. The number of furan rings is 1. The fourth-order valence-electron chi connectivity index (χ4n) is 2.87. The quantitative estimate of drug-likeness (QED) is 0.524. The highest BCUT2D eigenvalue weighted by Crippen LogP contribution is 2.31. The molecule has 1 aromatic heterocycles. The number of alkyl halides is 3. The van der Waals surface area contributed by atoms with Gasteiger partial charge in [-0.2, -0.15) is 13.2 Å². The molecule has 0 amide bonds. The molecule has 8 heteroatoms. The molecular formula is C22H22F3NO4. The number of rotatable bonds is 9. The van der Waals surface area contributed by atoms with Crippen LogP contribution in [0.1, 0.15) is 28.6 Å². The minimum Gasteiger partial charge on any atom is -0.493 e. The van der Waals surface area contributed by atoms with Gasteiger partial charge < -0.3 is 24.3 Å². The number of methoxy groups -OCH3 is 1. The molecule has 2 N–H and O–H groups in total. The van der Waals surface area contributed by atoms with Crippen molar-refractivity contribution in [2.75, 3.05) is 13.7 Å². The van der Waals surface area contributed by atoms with Gasteiger partial charge in [-0.1, -0.05) is 18.2 Å². The van der Waals surface area contributed by atoms with E-state index in [1.165, 1.54) is 19.4 Å². The molecule has 3 aromatic rings. The van der Waals surface area contributed by atoms with E-state index in [1.54, 1.807) is 30.3 Å². The summed E-state index contributed by atoms with van der Waals surface area (Å²) in [5.41, 5.74) is 0.586. The van der Waals surface area contributed by atoms with Crippen LogP contribution in [0, 0.1) is 0 Å². The molecule has 0 aliphatic carbocycles. The molecule has 2 aromatic carbocycles. The molecule has 160 valence electrons. The van der Waals surface area contributed by atoms with Crippen molar-refractivity contribution in [3.63, 3.8) is 0 Å². The summed E-state index contributed by atoms with van der Waals surface area (Å²) < 4.78 is 54.7. The van der Waals surface area contributed by atoms with Crippen molar-refractivity contribution in [3.05, 3.63) is 83.3 Å². The molecule has 0 fully saturated rings. The number of aliphatic hydroxyl groups is 1. The van der Waals surface area contributed by atoms with Gasteiger partial charge in [-0.25, -0.2) is 0 Å². The molecule has 0 aliphatic heterocycles. The van der Waals surface area contributed by atoms with Crippen LogP contribution in [-0.4, -0.2) is 18.8 Å². The molecule has 0 radical (unpaired) electrons. The SMILES string of the molecule is COc1cc(CNCC(O)c2ccco2)ccc1OCc1cccc(C(F)(F)F)c1. The first-order chi connectivity index (χ1) is 14.4. The van der Waals surface area contributed by atoms with Crippen LogP contribution < -0.4 is 14.8 Å². The number of aliphatic hydroxyl groups excluding tert-OH is 1. The van der Waals surface area contributed by atoms with E-state index in [1.807, 2.05) is 6.07 Å². The van der Waals surface area contributed by atoms with E-state index in [0.29, 0.717) is 35.9 Å². The fourth-order valence-corrected chi connectivity index (χ4v) is 2.87. The standard InChI is InChI=1S/C22H22F3NO4/c1-28-21-11-15(12-26-13-18(27)19-6-3-9-29-19)7-8-20(21)30-14-16-4-2-5-17(10-16)22(23,24)25/h2-11,18,26-27H,12-14H2,1H3. The van der Waals surface area contributed by atoms with Crippen LogP contribution in [0.3, 0.4) is 0 Å². The number of halogens is 3. The van der Waals surface area contributed by atoms with Crippen molar-refractivity contribution in [2.45, 2.75) is 25.4 Å². The summed E-state index contributed by atoms with van der Waals surface area (Å²) in [6.07, 6.45) is -3.65. The second-order valence-electron chi connectivity index (χ2n) is 6.63. The summed E-state index contributed by atoms with van der Waals surface area (Å²) in [5, 5.41) is 13.1. The lowest BCUT2D eigenvalue weighted by Gasteiger charge is -2.14. The van der Waals surface area contributed by atoms with Crippen LogP contribution in [0.2, 0.25) is 0 Å². The van der Waals surface area contributed by atoms with Crippen molar-refractivity contribution < 1.29 is 32.2 Å². The summed E-state index contributed by atoms with van der Waals surface area (Å²) in [6, 6.07) is 13.7. The van der Waals surface area contributed by atoms with Gasteiger partial charge in [-0.3, -0.25) is 0 Å². The van der Waals surface area contributed by atoms with E-state index in [9.17, 15) is 18.3 Å². The van der Waals surface area contributed by atoms with Crippen LogP contribution >= 0.6 is 0 Å². The lowest BCUT2D eigenvalue weighted by atomic mass is 10.1. The molecule has 1 atom stereocenters. The zero-order valence-electron chi connectivity index (χ0n) is 16.3. The summed E-state index contributed by atoms with van der Waals surface area (Å²) in [5.74, 6) is 1.38. The summed E-state index contributed by atoms with van der Waals surface area (Å²) in [4.78, 5) is 0. The summed E-state index contributed by atoms with van der Waals surface area (Å²) in [7, 11) is 1.49. The smallest absolute Gasteiger partial charge is 0.416 e. The fraction of sp³-hybridized carbons (Fsp3) is 0.273. The largest absolute Gasteiger partial charge is 0.493 e. The lowest BCUT2D eigenvalue weighted by Crippen LogP contribution is -2.20. The van der Waals surface area contributed by atoms with Crippen molar-refractivity contribution in [2.24, 2.45) is 0 Å². The van der Waals surface area contributed by atoms with Gasteiger partial charge in [-0.15, -0.1) is 0 Å². The predicted octanol–water partition coefficient (Wildman–Crippen LogP) is 4.71. The number of hydrogen-bond acceptors (Lipinski definition) is 5. The Morgan fingerprint density at radius 3 is 2.57 bits per heavy atom. The lowest BCUT2D eigenvalue weighted by molar-refractivity contribution is -0.137. The van der Waals surface area contributed by atoms with Gasteiger partial charge in [0.05, 0.1) is 18.9 Å². The zero-order chi connectivity index (χ0) is 21.6. The van der Waals surface area contributed by atoms with Crippen molar-refractivity contribution in [3.8, 4) is 11.5 Å². The molecule has 0 saturated heterocycles. The van der Waals surface area contributed by atoms with E-state index < -0.39 is 17.8 Å². The van der Waals surface area contributed by atoms with Crippen molar-refractivity contribution >= 4 is 0 Å². The van der Waals surface area contributed by atoms with Gasteiger partial charge in [0.1, 0.15) is 18.5 Å². The predicted molar refractivity (Wildman–Crippen MR) is 104 cm³/mol. The monoisotopic (exact) mass is 421 g/mol. The van der Waals surface area contributed by atoms with E-state index in [2.05, 4.69) is 5.32 Å². The van der Waals surface area contributed by atoms with Crippen LogP contribution in [0.5, 0.6) is 11.5 Å². The molecule has 0 aliphatic rings. The number of ether oxygens (including phenoxy) is 2. The Bertz CT molecular complexity index is 942. The van der Waals surface area contributed by atoms with Crippen LogP contribution in [-0.2, 0) is 19.3 Å². The third-order valence-corrected chi connectivity index (χ3v) is 4.42. The topological polar surface area (TPSA) is 63.9 Å². The Hall–Kier alpha value is -2.97. The molecule has 5 nitrogen and oxygen atoms in total. The maximum atomic E-state index is 12.8. The highest BCUT2D eigenvalue weighted by atomic mass is 19.4. The Morgan fingerprint density at radius 1 is 1.03 bits per heavy atom. The van der Waals surface area contributed by atoms with Gasteiger partial charge in [-0.05, 0) is 47.5 Å². The van der Waals surface area contributed by atoms with Gasteiger partial charge in [0, 0.05) is 13.1 Å². The van der Waals surface area contributed by atoms with Crippen molar-refractivity contribution in [1.29, 1.82) is 0 Å².